The molecule has 0 aliphatic carbocycles. The number of hydrogen-bond acceptors (Lipinski definition) is 2. The van der Waals surface area contributed by atoms with Crippen LogP contribution in [0.2, 0.25) is 0 Å². The molecule has 2 radical (unpaired) electrons. The summed E-state index contributed by atoms with van der Waals surface area (Å²) in [6.07, 6.45) is -0.231. The summed E-state index contributed by atoms with van der Waals surface area (Å²) in [6, 6.07) is 0. The van der Waals surface area contributed by atoms with Crippen molar-refractivity contribution in [2.75, 3.05) is 6.61 Å². The van der Waals surface area contributed by atoms with Crippen molar-refractivity contribution in [3.8, 4) is 0 Å². The summed E-state index contributed by atoms with van der Waals surface area (Å²) >= 11 is 0. The summed E-state index contributed by atoms with van der Waals surface area (Å²) in [6.45, 7) is 9.56. The van der Waals surface area contributed by atoms with Gasteiger partial charge in [-0.3, -0.25) is 0 Å². The van der Waals surface area contributed by atoms with Crippen LogP contribution in [0.25, 0.3) is 0 Å². The largest absolute Gasteiger partial charge is 0.348 e. The molecule has 0 aromatic heterocycles. The van der Waals surface area contributed by atoms with Crippen LogP contribution in [0.15, 0.2) is 0 Å². The van der Waals surface area contributed by atoms with Crippen molar-refractivity contribution < 1.29 is 9.47 Å². The molecule has 0 bridgehead atoms. The van der Waals surface area contributed by atoms with E-state index in [0.29, 0.717) is 6.61 Å². The van der Waals surface area contributed by atoms with Crippen LogP contribution in [0.4, 0.5) is 0 Å². The van der Waals surface area contributed by atoms with E-state index >= 15 is 0 Å². The Labute approximate surface area is 49.8 Å². The van der Waals surface area contributed by atoms with Crippen molar-refractivity contribution in [3.63, 3.8) is 0 Å². The second-order valence-corrected chi connectivity index (χ2v) is 2.37. The molecule has 1 saturated heterocycles. The maximum atomic E-state index is 5.36. The minimum Gasteiger partial charge on any atom is -0.348 e. The zero-order valence-corrected chi connectivity index (χ0v) is 5.18. The molecule has 2 nitrogen and oxygen atoms in total. The van der Waals surface area contributed by atoms with Gasteiger partial charge < -0.3 is 9.47 Å². The molecule has 0 amide bonds. The summed E-state index contributed by atoms with van der Waals surface area (Å²) in [7, 11) is 0. The third kappa shape index (κ3) is 1.20. The van der Waals surface area contributed by atoms with Gasteiger partial charge in [0.15, 0.2) is 5.79 Å². The van der Waals surface area contributed by atoms with E-state index in [1.807, 2.05) is 13.8 Å². The first-order valence-electron chi connectivity index (χ1n) is 2.67. The Balaban J connectivity index is 2.44. The van der Waals surface area contributed by atoms with Crippen molar-refractivity contribution >= 4 is 0 Å². The predicted molar refractivity (Wildman–Crippen MR) is 29.2 cm³/mol. The Morgan fingerprint density at radius 2 is 2.25 bits per heavy atom. The van der Waals surface area contributed by atoms with E-state index in [-0.39, 0.29) is 6.10 Å². The maximum absolute atomic E-state index is 5.36. The van der Waals surface area contributed by atoms with Gasteiger partial charge in [-0.05, 0) is 20.8 Å². The molecule has 1 aliphatic rings. The Morgan fingerprint density at radius 1 is 1.62 bits per heavy atom. The van der Waals surface area contributed by atoms with Crippen LogP contribution in [-0.4, -0.2) is 18.5 Å². The average Bonchev–Trinajstić information content (AvgIpc) is 1.82. The lowest BCUT2D eigenvalue weighted by atomic mass is 10.4. The first-order chi connectivity index (χ1) is 3.60. The molecule has 1 atom stereocenters. The van der Waals surface area contributed by atoms with Gasteiger partial charge in [-0.15, -0.1) is 0 Å². The minimum atomic E-state index is -0.459. The monoisotopic (exact) mass is 114 g/mol. The van der Waals surface area contributed by atoms with E-state index in [2.05, 4.69) is 0 Å². The summed E-state index contributed by atoms with van der Waals surface area (Å²) in [5.41, 5.74) is 0. The molecule has 0 aromatic rings. The maximum Gasteiger partial charge on any atom is 0.163 e. The van der Waals surface area contributed by atoms with E-state index in [1.165, 1.54) is 0 Å². The van der Waals surface area contributed by atoms with Gasteiger partial charge in [0.2, 0.25) is 0 Å². The third-order valence-electron chi connectivity index (χ3n) is 1.03. The molecule has 8 heavy (non-hydrogen) atoms. The third-order valence-corrected chi connectivity index (χ3v) is 1.03. The first kappa shape index (κ1) is 6.05. The molecule has 1 unspecified atom stereocenters. The zero-order valence-electron chi connectivity index (χ0n) is 5.18. The molecule has 0 aromatic carbocycles. The van der Waals surface area contributed by atoms with Gasteiger partial charge >= 0.3 is 0 Å². The van der Waals surface area contributed by atoms with Gasteiger partial charge in [0.25, 0.3) is 0 Å². The number of rotatable bonds is 0. The quantitative estimate of drug-likeness (QED) is 0.464. The van der Waals surface area contributed by atoms with Crippen molar-refractivity contribution in [1.29, 1.82) is 0 Å². The van der Waals surface area contributed by atoms with Gasteiger partial charge in [0.05, 0.1) is 12.7 Å². The summed E-state index contributed by atoms with van der Waals surface area (Å²) in [5, 5.41) is 0. The highest BCUT2D eigenvalue weighted by Crippen LogP contribution is 2.20. The molecule has 2 heteroatoms. The van der Waals surface area contributed by atoms with E-state index < -0.39 is 5.79 Å². The molecular formula is C6H10O2. The lowest BCUT2D eigenvalue weighted by Gasteiger charge is -2.15. The number of ether oxygens (including phenoxy) is 2. The van der Waals surface area contributed by atoms with Gasteiger partial charge in [0.1, 0.15) is 0 Å². The van der Waals surface area contributed by atoms with Crippen LogP contribution >= 0.6 is 0 Å². The van der Waals surface area contributed by atoms with E-state index in [9.17, 15) is 0 Å². The minimum absolute atomic E-state index is 0.231. The van der Waals surface area contributed by atoms with E-state index in [4.69, 9.17) is 16.4 Å². The zero-order chi connectivity index (χ0) is 6.20. The van der Waals surface area contributed by atoms with Crippen molar-refractivity contribution in [3.05, 3.63) is 6.92 Å². The Bertz CT molecular complexity index is 88.5. The predicted octanol–water partition coefficient (Wildman–Crippen LogP) is 0.849. The first-order valence-corrected chi connectivity index (χ1v) is 2.67. The summed E-state index contributed by atoms with van der Waals surface area (Å²) in [5.74, 6) is -0.459. The molecule has 0 N–H and O–H groups in total. The summed E-state index contributed by atoms with van der Waals surface area (Å²) < 4.78 is 10.2. The Hall–Kier alpha value is -0.0800. The molecular weight excluding hydrogens is 104 g/mol. The Kier molecular flexibility index (Phi) is 1.29. The van der Waals surface area contributed by atoms with Crippen molar-refractivity contribution in [1.82, 2.24) is 0 Å². The van der Waals surface area contributed by atoms with Crippen LogP contribution < -0.4 is 0 Å². The topological polar surface area (TPSA) is 18.5 Å². The van der Waals surface area contributed by atoms with Crippen LogP contribution in [0.1, 0.15) is 13.8 Å². The molecule has 46 valence electrons. The fourth-order valence-electron chi connectivity index (χ4n) is 0.715. The van der Waals surface area contributed by atoms with Crippen molar-refractivity contribution in [2.45, 2.75) is 25.7 Å². The van der Waals surface area contributed by atoms with Gasteiger partial charge in [0, 0.05) is 0 Å². The van der Waals surface area contributed by atoms with Gasteiger partial charge in [-0.2, -0.15) is 0 Å². The lowest BCUT2D eigenvalue weighted by Crippen LogP contribution is -2.20. The normalized spacial score (nSPS) is 35.6. The van der Waals surface area contributed by atoms with E-state index in [1.54, 1.807) is 0 Å². The SMILES string of the molecule is [CH]C1COC(C)(C)O1. The smallest absolute Gasteiger partial charge is 0.163 e. The second-order valence-electron chi connectivity index (χ2n) is 2.37. The average molecular weight is 114 g/mol. The van der Waals surface area contributed by atoms with E-state index in [0.717, 1.165) is 0 Å². The van der Waals surface area contributed by atoms with Gasteiger partial charge in [-0.25, -0.2) is 0 Å². The fourth-order valence-corrected chi connectivity index (χ4v) is 0.715. The molecule has 1 heterocycles. The molecule has 1 rings (SSSR count). The highest BCUT2D eigenvalue weighted by atomic mass is 16.7. The van der Waals surface area contributed by atoms with Crippen LogP contribution in [0, 0.1) is 6.92 Å². The molecule has 1 aliphatic heterocycles. The highest BCUT2D eigenvalue weighted by Gasteiger charge is 2.29. The lowest BCUT2D eigenvalue weighted by molar-refractivity contribution is -0.133. The molecule has 1 fully saturated rings. The molecule has 0 spiro atoms. The fraction of sp³-hybridized carbons (Fsp3) is 0.833. The van der Waals surface area contributed by atoms with Crippen LogP contribution in [0.3, 0.4) is 0 Å². The van der Waals surface area contributed by atoms with Crippen molar-refractivity contribution in [2.24, 2.45) is 0 Å². The van der Waals surface area contributed by atoms with Crippen LogP contribution in [-0.2, 0) is 9.47 Å². The highest BCUT2D eigenvalue weighted by molar-refractivity contribution is 4.71. The van der Waals surface area contributed by atoms with Crippen LogP contribution in [0.5, 0.6) is 0 Å². The second kappa shape index (κ2) is 1.71. The molecule has 0 saturated carbocycles. The number of hydrogen-bond donors (Lipinski definition) is 0. The van der Waals surface area contributed by atoms with Gasteiger partial charge in [-0.1, -0.05) is 0 Å². The standard InChI is InChI=1S/C6H10O2/c1-5-4-7-6(2,3)8-5/h1,5H,4H2,2-3H3. The summed E-state index contributed by atoms with van der Waals surface area (Å²) in [4.78, 5) is 0. The Morgan fingerprint density at radius 3 is 2.38 bits per heavy atom.